The number of hydrogen-bond acceptors (Lipinski definition) is 5. The lowest BCUT2D eigenvalue weighted by atomic mass is 10.2. The Morgan fingerprint density at radius 3 is 2.76 bits per heavy atom. The fourth-order valence-corrected chi connectivity index (χ4v) is 3.05. The van der Waals surface area contributed by atoms with Gasteiger partial charge in [0.1, 0.15) is 11.3 Å². The van der Waals surface area contributed by atoms with Crippen molar-refractivity contribution >= 4 is 30.6 Å². The van der Waals surface area contributed by atoms with Gasteiger partial charge in [-0.2, -0.15) is 0 Å². The molecule has 114 valence electrons. The highest BCUT2D eigenvalue weighted by Gasteiger charge is 2.18. The predicted octanol–water partition coefficient (Wildman–Crippen LogP) is 2.97. The molecule has 0 bridgehead atoms. The van der Waals surface area contributed by atoms with E-state index in [1.54, 1.807) is 31.5 Å². The van der Waals surface area contributed by atoms with E-state index in [4.69, 9.17) is 20.2 Å². The Morgan fingerprint density at radius 1 is 1.33 bits per heavy atom. The first-order chi connectivity index (χ1) is 9.93. The zero-order chi connectivity index (χ0) is 15.5. The number of methoxy groups -OCH3 is 1. The number of hydrogen-bond donors (Lipinski definition) is 0. The molecule has 0 radical (unpaired) electrons. The number of benzene rings is 1. The topological polar surface area (TPSA) is 65.5 Å². The third-order valence-corrected chi connectivity index (χ3v) is 4.39. The van der Waals surface area contributed by atoms with Gasteiger partial charge in [0, 0.05) is 42.4 Å². The van der Waals surface area contributed by atoms with Crippen LogP contribution in [0.3, 0.4) is 0 Å². The monoisotopic (exact) mass is 329 g/mol. The first-order valence-corrected chi connectivity index (χ1v) is 8.72. The number of nitrogens with zero attached hydrogens (tertiary/aromatic N) is 1. The van der Waals surface area contributed by atoms with Crippen molar-refractivity contribution in [1.82, 2.24) is 4.98 Å². The van der Waals surface area contributed by atoms with Gasteiger partial charge in [-0.1, -0.05) is 0 Å². The van der Waals surface area contributed by atoms with E-state index in [1.165, 1.54) is 6.07 Å². The average Bonchev–Trinajstić information content (AvgIpc) is 2.44. The third kappa shape index (κ3) is 3.84. The smallest absolute Gasteiger partial charge is 0.261 e. The standard InChI is InChI=1S/C14H16ClNO4S/c1-10(7-9-19-2)20-12-5-6-13(21(15,17)18)11-4-3-8-16-14(11)12/h3-6,8,10H,7,9H2,1-2H3. The van der Waals surface area contributed by atoms with Crippen molar-refractivity contribution in [2.75, 3.05) is 13.7 Å². The van der Waals surface area contributed by atoms with Gasteiger partial charge in [0.2, 0.25) is 0 Å². The van der Waals surface area contributed by atoms with Crippen LogP contribution in [0.25, 0.3) is 10.9 Å². The van der Waals surface area contributed by atoms with E-state index in [2.05, 4.69) is 4.98 Å². The molecular weight excluding hydrogens is 314 g/mol. The highest BCUT2D eigenvalue weighted by Crippen LogP contribution is 2.31. The summed E-state index contributed by atoms with van der Waals surface area (Å²) in [6.45, 7) is 2.50. The number of fused-ring (bicyclic) bond motifs is 1. The molecule has 0 aliphatic carbocycles. The van der Waals surface area contributed by atoms with Crippen LogP contribution in [-0.4, -0.2) is 33.2 Å². The van der Waals surface area contributed by atoms with Crippen LogP contribution >= 0.6 is 10.7 Å². The number of rotatable bonds is 6. The summed E-state index contributed by atoms with van der Waals surface area (Å²) >= 11 is 0. The molecule has 2 rings (SSSR count). The first-order valence-electron chi connectivity index (χ1n) is 6.41. The van der Waals surface area contributed by atoms with Crippen LogP contribution in [0, 0.1) is 0 Å². The Bertz CT molecular complexity index is 733. The Morgan fingerprint density at radius 2 is 2.10 bits per heavy atom. The zero-order valence-electron chi connectivity index (χ0n) is 11.7. The largest absolute Gasteiger partial charge is 0.488 e. The molecule has 1 atom stereocenters. The van der Waals surface area contributed by atoms with E-state index in [0.29, 0.717) is 23.3 Å². The molecule has 5 nitrogen and oxygen atoms in total. The maximum Gasteiger partial charge on any atom is 0.261 e. The van der Waals surface area contributed by atoms with E-state index in [1.807, 2.05) is 6.92 Å². The minimum Gasteiger partial charge on any atom is -0.488 e. The van der Waals surface area contributed by atoms with Gasteiger partial charge in [0.25, 0.3) is 9.05 Å². The summed E-state index contributed by atoms with van der Waals surface area (Å²) < 4.78 is 34.0. The Labute approximate surface area is 128 Å². The van der Waals surface area contributed by atoms with Gasteiger partial charge >= 0.3 is 0 Å². The molecule has 0 saturated carbocycles. The summed E-state index contributed by atoms with van der Waals surface area (Å²) in [6, 6.07) is 6.33. The van der Waals surface area contributed by atoms with E-state index in [-0.39, 0.29) is 11.0 Å². The number of ether oxygens (including phenoxy) is 2. The fourth-order valence-electron chi connectivity index (χ4n) is 1.99. The number of halogens is 1. The van der Waals surface area contributed by atoms with Crippen molar-refractivity contribution in [2.45, 2.75) is 24.3 Å². The molecule has 2 aromatic rings. The highest BCUT2D eigenvalue weighted by atomic mass is 35.7. The summed E-state index contributed by atoms with van der Waals surface area (Å²) in [5, 5.41) is 0.448. The Hall–Kier alpha value is -1.37. The minimum absolute atomic E-state index is 0.0316. The van der Waals surface area contributed by atoms with E-state index in [9.17, 15) is 8.42 Å². The van der Waals surface area contributed by atoms with Crippen molar-refractivity contribution in [1.29, 1.82) is 0 Å². The van der Waals surface area contributed by atoms with Gasteiger partial charge in [-0.3, -0.25) is 4.98 Å². The zero-order valence-corrected chi connectivity index (χ0v) is 13.3. The third-order valence-electron chi connectivity index (χ3n) is 3.01. The van der Waals surface area contributed by atoms with Gasteiger partial charge < -0.3 is 9.47 Å². The molecule has 21 heavy (non-hydrogen) atoms. The summed E-state index contributed by atoms with van der Waals surface area (Å²) in [6.07, 6.45) is 2.23. The van der Waals surface area contributed by atoms with Crippen LogP contribution in [0.1, 0.15) is 13.3 Å². The van der Waals surface area contributed by atoms with Crippen LogP contribution in [-0.2, 0) is 13.8 Å². The van der Waals surface area contributed by atoms with Gasteiger partial charge in [-0.05, 0) is 31.2 Å². The molecule has 0 N–H and O–H groups in total. The van der Waals surface area contributed by atoms with Gasteiger partial charge in [0.15, 0.2) is 0 Å². The van der Waals surface area contributed by atoms with Crippen LogP contribution in [0.2, 0.25) is 0 Å². The van der Waals surface area contributed by atoms with Gasteiger partial charge in [0.05, 0.1) is 11.0 Å². The van der Waals surface area contributed by atoms with Gasteiger partial charge in [-0.15, -0.1) is 0 Å². The van der Waals surface area contributed by atoms with Crippen LogP contribution in [0.15, 0.2) is 35.4 Å². The van der Waals surface area contributed by atoms with Crippen LogP contribution < -0.4 is 4.74 Å². The normalized spacial score (nSPS) is 13.3. The molecule has 0 fully saturated rings. The van der Waals surface area contributed by atoms with Crippen LogP contribution in [0.5, 0.6) is 5.75 Å². The molecule has 0 aliphatic heterocycles. The maximum absolute atomic E-state index is 11.6. The second kappa shape index (κ2) is 6.60. The second-order valence-electron chi connectivity index (χ2n) is 4.61. The summed E-state index contributed by atoms with van der Waals surface area (Å²) in [5.41, 5.74) is 0.475. The van der Waals surface area contributed by atoms with E-state index >= 15 is 0 Å². The average molecular weight is 330 g/mol. The number of aromatic nitrogens is 1. The molecule has 0 aliphatic rings. The first kappa shape index (κ1) is 16.0. The molecule has 0 spiro atoms. The lowest BCUT2D eigenvalue weighted by molar-refractivity contribution is 0.136. The van der Waals surface area contributed by atoms with Gasteiger partial charge in [-0.25, -0.2) is 8.42 Å². The predicted molar refractivity (Wildman–Crippen MR) is 81.4 cm³/mol. The molecule has 1 aromatic carbocycles. The quantitative estimate of drug-likeness (QED) is 0.762. The second-order valence-corrected chi connectivity index (χ2v) is 7.14. The summed E-state index contributed by atoms with van der Waals surface area (Å²) in [7, 11) is 3.25. The lowest BCUT2D eigenvalue weighted by Crippen LogP contribution is -2.14. The molecule has 7 heteroatoms. The van der Waals surface area contributed by atoms with Crippen molar-refractivity contribution in [3.05, 3.63) is 30.5 Å². The highest BCUT2D eigenvalue weighted by molar-refractivity contribution is 8.14. The molecule has 1 heterocycles. The SMILES string of the molecule is COCCC(C)Oc1ccc(S(=O)(=O)Cl)c2cccnc12. The van der Waals surface area contributed by atoms with Crippen molar-refractivity contribution < 1.29 is 17.9 Å². The molecule has 1 aromatic heterocycles. The number of pyridine rings is 1. The summed E-state index contributed by atoms with van der Waals surface area (Å²) in [5.74, 6) is 0.526. The molecule has 1 unspecified atom stereocenters. The molecule has 0 saturated heterocycles. The Balaban J connectivity index is 2.43. The van der Waals surface area contributed by atoms with Crippen LogP contribution in [0.4, 0.5) is 0 Å². The van der Waals surface area contributed by atoms with Crippen molar-refractivity contribution in [2.24, 2.45) is 0 Å². The Kier molecular flexibility index (Phi) is 5.03. The maximum atomic E-state index is 11.6. The van der Waals surface area contributed by atoms with Crippen molar-refractivity contribution in [3.63, 3.8) is 0 Å². The minimum atomic E-state index is -3.83. The lowest BCUT2D eigenvalue weighted by Gasteiger charge is -2.16. The summed E-state index contributed by atoms with van der Waals surface area (Å²) in [4.78, 5) is 4.24. The fraction of sp³-hybridized carbons (Fsp3) is 0.357. The molecular formula is C14H16ClNO4S. The van der Waals surface area contributed by atoms with Crippen molar-refractivity contribution in [3.8, 4) is 5.75 Å². The molecule has 0 amide bonds. The van der Waals surface area contributed by atoms with E-state index in [0.717, 1.165) is 6.42 Å². The van der Waals surface area contributed by atoms with E-state index < -0.39 is 9.05 Å².